The van der Waals surface area contributed by atoms with Crippen LogP contribution in [0.2, 0.25) is 0 Å². The zero-order valence-corrected chi connectivity index (χ0v) is 13.8. The van der Waals surface area contributed by atoms with E-state index in [1.807, 2.05) is 29.8 Å². The van der Waals surface area contributed by atoms with E-state index in [0.29, 0.717) is 19.0 Å². The number of hydrogen-bond acceptors (Lipinski definition) is 5. The van der Waals surface area contributed by atoms with Crippen LogP contribution in [0.1, 0.15) is 11.4 Å². The van der Waals surface area contributed by atoms with E-state index >= 15 is 0 Å². The molecule has 1 aromatic heterocycles. The summed E-state index contributed by atoms with van der Waals surface area (Å²) in [4.78, 5) is 4.19. The van der Waals surface area contributed by atoms with Gasteiger partial charge in [0.05, 0.1) is 20.8 Å². The van der Waals surface area contributed by atoms with Gasteiger partial charge < -0.3 is 24.7 Å². The van der Waals surface area contributed by atoms with Gasteiger partial charge in [0.1, 0.15) is 17.8 Å². The van der Waals surface area contributed by atoms with E-state index < -0.39 is 0 Å². The second kappa shape index (κ2) is 8.02. The number of methoxy groups -OCH3 is 2. The Morgan fingerprint density at radius 1 is 1.22 bits per heavy atom. The molecule has 0 radical (unpaired) electrons. The lowest BCUT2D eigenvalue weighted by molar-refractivity contribution is 0.390. The predicted molar refractivity (Wildman–Crippen MR) is 87.6 cm³/mol. The van der Waals surface area contributed by atoms with E-state index in [-0.39, 0.29) is 0 Å². The van der Waals surface area contributed by atoms with Gasteiger partial charge >= 0.3 is 0 Å². The Hall–Kier alpha value is -2.77. The number of nitrogens with zero attached hydrogens (tertiary/aromatic N) is 4. The van der Waals surface area contributed by atoms with Crippen LogP contribution in [-0.2, 0) is 20.1 Å². The first-order valence-corrected chi connectivity index (χ1v) is 7.16. The van der Waals surface area contributed by atoms with Gasteiger partial charge in [-0.05, 0) is 12.1 Å². The summed E-state index contributed by atoms with van der Waals surface area (Å²) >= 11 is 0. The average molecular weight is 318 g/mol. The molecule has 0 aliphatic heterocycles. The fourth-order valence-corrected chi connectivity index (χ4v) is 2.03. The largest absolute Gasteiger partial charge is 0.497 e. The zero-order chi connectivity index (χ0) is 16.7. The lowest BCUT2D eigenvalue weighted by Gasteiger charge is -2.14. The summed E-state index contributed by atoms with van der Waals surface area (Å²) in [5, 5.41) is 14.3. The molecule has 2 rings (SSSR count). The number of aliphatic imine (C=N–C) groups is 1. The first kappa shape index (κ1) is 16.6. The Kier molecular flexibility index (Phi) is 5.79. The molecule has 2 aromatic rings. The van der Waals surface area contributed by atoms with Crippen LogP contribution >= 0.6 is 0 Å². The molecule has 8 heteroatoms. The van der Waals surface area contributed by atoms with Gasteiger partial charge in [-0.1, -0.05) is 0 Å². The van der Waals surface area contributed by atoms with Crippen LogP contribution in [0.4, 0.5) is 0 Å². The summed E-state index contributed by atoms with van der Waals surface area (Å²) < 4.78 is 12.4. The van der Waals surface area contributed by atoms with Gasteiger partial charge in [-0.15, -0.1) is 10.2 Å². The number of nitrogens with one attached hydrogen (secondary N) is 2. The predicted octanol–water partition coefficient (Wildman–Crippen LogP) is 0.697. The molecule has 0 unspecified atom stereocenters. The molecule has 0 amide bonds. The lowest BCUT2D eigenvalue weighted by Crippen LogP contribution is -2.37. The van der Waals surface area contributed by atoms with Crippen LogP contribution in [-0.4, -0.2) is 42.0 Å². The molecular weight excluding hydrogens is 296 g/mol. The third-order valence-corrected chi connectivity index (χ3v) is 3.38. The third-order valence-electron chi connectivity index (χ3n) is 3.38. The van der Waals surface area contributed by atoms with Crippen molar-refractivity contribution in [3.63, 3.8) is 0 Å². The quantitative estimate of drug-likeness (QED) is 0.602. The number of hydrogen-bond donors (Lipinski definition) is 2. The molecule has 0 atom stereocenters. The Morgan fingerprint density at radius 2 is 2.00 bits per heavy atom. The van der Waals surface area contributed by atoms with Crippen molar-refractivity contribution in [2.24, 2.45) is 12.0 Å². The Labute approximate surface area is 135 Å². The number of guanidine groups is 1. The SMILES string of the molecule is CN=C(NCc1ccc(OC)cc1OC)NCc1nncn1C. The van der Waals surface area contributed by atoms with E-state index in [1.54, 1.807) is 27.6 Å². The first-order valence-electron chi connectivity index (χ1n) is 7.16. The van der Waals surface area contributed by atoms with Gasteiger partial charge in [0.25, 0.3) is 0 Å². The summed E-state index contributed by atoms with van der Waals surface area (Å²) in [6.07, 6.45) is 1.66. The van der Waals surface area contributed by atoms with E-state index in [0.717, 1.165) is 22.9 Å². The molecule has 0 bridgehead atoms. The van der Waals surface area contributed by atoms with Crippen molar-refractivity contribution < 1.29 is 9.47 Å². The summed E-state index contributed by atoms with van der Waals surface area (Å²) in [6.45, 7) is 1.11. The molecule has 8 nitrogen and oxygen atoms in total. The van der Waals surface area contributed by atoms with Crippen molar-refractivity contribution in [3.05, 3.63) is 35.9 Å². The topological polar surface area (TPSA) is 85.6 Å². The standard InChI is InChI=1S/C15H22N6O2/c1-16-15(18-9-14-20-19-10-21(14)2)17-8-11-5-6-12(22-3)7-13(11)23-4/h5-7,10H,8-9H2,1-4H3,(H2,16,17,18). The fourth-order valence-electron chi connectivity index (χ4n) is 2.03. The maximum absolute atomic E-state index is 5.39. The molecule has 2 N–H and O–H groups in total. The molecule has 23 heavy (non-hydrogen) atoms. The summed E-state index contributed by atoms with van der Waals surface area (Å²) in [6, 6.07) is 5.71. The molecule has 0 aliphatic rings. The smallest absolute Gasteiger partial charge is 0.191 e. The van der Waals surface area contributed by atoms with Crippen LogP contribution in [0.3, 0.4) is 0 Å². The monoisotopic (exact) mass is 318 g/mol. The molecule has 0 aliphatic carbocycles. The van der Waals surface area contributed by atoms with Crippen molar-refractivity contribution in [2.75, 3.05) is 21.3 Å². The minimum Gasteiger partial charge on any atom is -0.497 e. The summed E-state index contributed by atoms with van der Waals surface area (Å²) in [5.74, 6) is 3.02. The normalized spacial score (nSPS) is 11.2. The number of ether oxygens (including phenoxy) is 2. The maximum atomic E-state index is 5.39. The highest BCUT2D eigenvalue weighted by atomic mass is 16.5. The highest BCUT2D eigenvalue weighted by Gasteiger charge is 2.07. The molecular formula is C15H22N6O2. The van der Waals surface area contributed by atoms with E-state index in [4.69, 9.17) is 9.47 Å². The average Bonchev–Trinajstić information content (AvgIpc) is 3.00. The second-order valence-corrected chi connectivity index (χ2v) is 4.82. The maximum Gasteiger partial charge on any atom is 0.191 e. The Balaban J connectivity index is 1.94. The third kappa shape index (κ3) is 4.35. The van der Waals surface area contributed by atoms with Crippen LogP contribution in [0, 0.1) is 0 Å². The van der Waals surface area contributed by atoms with Gasteiger partial charge in [0.15, 0.2) is 11.8 Å². The number of aromatic nitrogens is 3. The van der Waals surface area contributed by atoms with Crippen LogP contribution in [0.15, 0.2) is 29.5 Å². The van der Waals surface area contributed by atoms with Gasteiger partial charge in [-0.2, -0.15) is 0 Å². The van der Waals surface area contributed by atoms with Crippen LogP contribution in [0.25, 0.3) is 0 Å². The van der Waals surface area contributed by atoms with E-state index in [9.17, 15) is 0 Å². The first-order chi connectivity index (χ1) is 11.2. The van der Waals surface area contributed by atoms with E-state index in [2.05, 4.69) is 25.8 Å². The van der Waals surface area contributed by atoms with Crippen LogP contribution < -0.4 is 20.1 Å². The highest BCUT2D eigenvalue weighted by molar-refractivity contribution is 5.79. The molecule has 1 heterocycles. The molecule has 0 saturated carbocycles. The van der Waals surface area contributed by atoms with Gasteiger partial charge in [0.2, 0.25) is 0 Å². The zero-order valence-electron chi connectivity index (χ0n) is 13.8. The molecule has 124 valence electrons. The number of benzene rings is 1. The number of rotatable bonds is 6. The Morgan fingerprint density at radius 3 is 2.61 bits per heavy atom. The van der Waals surface area contributed by atoms with Crippen molar-refractivity contribution in [2.45, 2.75) is 13.1 Å². The summed E-state index contributed by atoms with van der Waals surface area (Å²) in [5.41, 5.74) is 1.01. The summed E-state index contributed by atoms with van der Waals surface area (Å²) in [7, 11) is 6.89. The minimum atomic E-state index is 0.538. The molecule has 0 spiro atoms. The molecule has 1 aromatic carbocycles. The lowest BCUT2D eigenvalue weighted by atomic mass is 10.2. The molecule has 0 fully saturated rings. The van der Waals surface area contributed by atoms with Gasteiger partial charge in [-0.25, -0.2) is 0 Å². The second-order valence-electron chi connectivity index (χ2n) is 4.82. The number of aryl methyl sites for hydroxylation is 1. The molecule has 0 saturated heterocycles. The van der Waals surface area contributed by atoms with Crippen molar-refractivity contribution >= 4 is 5.96 Å². The van der Waals surface area contributed by atoms with Crippen molar-refractivity contribution in [3.8, 4) is 11.5 Å². The fraction of sp³-hybridized carbons (Fsp3) is 0.400. The van der Waals surface area contributed by atoms with Crippen LogP contribution in [0.5, 0.6) is 11.5 Å². The highest BCUT2D eigenvalue weighted by Crippen LogP contribution is 2.24. The van der Waals surface area contributed by atoms with Crippen molar-refractivity contribution in [1.29, 1.82) is 0 Å². The van der Waals surface area contributed by atoms with Gasteiger partial charge in [0, 0.05) is 32.3 Å². The van der Waals surface area contributed by atoms with Crippen molar-refractivity contribution in [1.82, 2.24) is 25.4 Å². The minimum absolute atomic E-state index is 0.538. The van der Waals surface area contributed by atoms with Gasteiger partial charge in [-0.3, -0.25) is 4.99 Å². The Bertz CT molecular complexity index is 668. The van der Waals surface area contributed by atoms with E-state index in [1.165, 1.54) is 0 Å².